The van der Waals surface area contributed by atoms with E-state index in [-0.39, 0.29) is 12.2 Å². The molecule has 0 aliphatic heterocycles. The summed E-state index contributed by atoms with van der Waals surface area (Å²) in [5.74, 6) is -2.59. The average Bonchev–Trinajstić information content (AvgIpc) is 2.34. The third-order valence-corrected chi connectivity index (χ3v) is 3.35. The molecule has 19 heavy (non-hydrogen) atoms. The Hall–Kier alpha value is -1.69. The molecule has 0 spiro atoms. The summed E-state index contributed by atoms with van der Waals surface area (Å²) in [6.45, 7) is 0. The number of hydrogen-bond acceptors (Lipinski definition) is 3. The number of aliphatic carboxylic acids is 1. The Morgan fingerprint density at radius 2 is 2.21 bits per heavy atom. The van der Waals surface area contributed by atoms with Gasteiger partial charge in [-0.3, -0.25) is 4.79 Å². The number of carboxylic acid groups (broad SMARTS) is 1. The van der Waals surface area contributed by atoms with Crippen LogP contribution < -0.4 is 10.5 Å². The van der Waals surface area contributed by atoms with Gasteiger partial charge in [-0.25, -0.2) is 8.78 Å². The van der Waals surface area contributed by atoms with Crippen molar-refractivity contribution in [2.45, 2.75) is 37.3 Å². The molecular weight excluding hydrogens is 256 g/mol. The van der Waals surface area contributed by atoms with Gasteiger partial charge in [0.05, 0.1) is 0 Å². The van der Waals surface area contributed by atoms with Crippen molar-refractivity contribution >= 4 is 5.97 Å². The van der Waals surface area contributed by atoms with E-state index in [1.807, 2.05) is 0 Å². The molecule has 1 aliphatic carbocycles. The molecule has 1 aromatic carbocycles. The van der Waals surface area contributed by atoms with Crippen molar-refractivity contribution in [3.05, 3.63) is 29.8 Å². The highest BCUT2D eigenvalue weighted by Gasteiger charge is 2.40. The predicted octanol–water partition coefficient (Wildman–Crippen LogP) is 2.07. The zero-order chi connectivity index (χ0) is 14.0. The second-order valence-corrected chi connectivity index (χ2v) is 4.87. The number of carbonyl (C=O) groups is 1. The van der Waals surface area contributed by atoms with Crippen molar-refractivity contribution in [2.24, 2.45) is 5.73 Å². The zero-order valence-corrected chi connectivity index (χ0v) is 10.2. The topological polar surface area (TPSA) is 72.6 Å². The fourth-order valence-corrected chi connectivity index (χ4v) is 2.30. The van der Waals surface area contributed by atoms with Gasteiger partial charge in [-0.15, -0.1) is 0 Å². The van der Waals surface area contributed by atoms with E-state index in [9.17, 15) is 13.6 Å². The molecule has 0 amide bonds. The minimum absolute atomic E-state index is 0.0816. The van der Waals surface area contributed by atoms with Crippen molar-refractivity contribution < 1.29 is 23.4 Å². The highest BCUT2D eigenvalue weighted by molar-refractivity contribution is 5.78. The molecule has 3 N–H and O–H groups in total. The number of hydrogen-bond donors (Lipinski definition) is 2. The Morgan fingerprint density at radius 1 is 1.47 bits per heavy atom. The minimum atomic E-state index is -1.35. The van der Waals surface area contributed by atoms with Crippen LogP contribution in [0.25, 0.3) is 0 Å². The van der Waals surface area contributed by atoms with E-state index in [4.69, 9.17) is 15.6 Å². The fraction of sp³-hybridized carbons (Fsp3) is 0.462. The third kappa shape index (κ3) is 3.01. The lowest BCUT2D eigenvalue weighted by atomic mass is 9.81. The molecule has 1 aromatic rings. The van der Waals surface area contributed by atoms with Gasteiger partial charge in [-0.05, 0) is 31.4 Å². The molecule has 2 unspecified atom stereocenters. The van der Waals surface area contributed by atoms with Crippen molar-refractivity contribution in [1.29, 1.82) is 0 Å². The maximum absolute atomic E-state index is 13.4. The first-order valence-electron chi connectivity index (χ1n) is 6.05. The molecule has 2 rings (SSSR count). The van der Waals surface area contributed by atoms with Gasteiger partial charge in [0.25, 0.3) is 0 Å². The lowest BCUT2D eigenvalue weighted by molar-refractivity contribution is -0.145. The number of nitrogens with two attached hydrogens (primary N) is 1. The Labute approximate surface area is 109 Å². The van der Waals surface area contributed by atoms with E-state index in [0.717, 1.165) is 18.2 Å². The number of ether oxygens (including phenoxy) is 1. The standard InChI is InChI=1S/C13H15F2NO3/c14-8-3-4-10(15)11(6-8)19-9-2-1-5-13(16,7-9)12(17)18/h3-4,6,9H,1-2,5,7,16H2,(H,17,18). The summed E-state index contributed by atoms with van der Waals surface area (Å²) in [6.07, 6.45) is 1.06. The van der Waals surface area contributed by atoms with Gasteiger partial charge in [0.1, 0.15) is 17.5 Å². The molecule has 0 aromatic heterocycles. The number of halogens is 2. The van der Waals surface area contributed by atoms with Crippen molar-refractivity contribution in [1.82, 2.24) is 0 Å². The lowest BCUT2D eigenvalue weighted by Crippen LogP contribution is -2.53. The van der Waals surface area contributed by atoms with Gasteiger partial charge in [-0.1, -0.05) is 0 Å². The van der Waals surface area contributed by atoms with Crippen LogP contribution in [0, 0.1) is 11.6 Å². The normalized spacial score (nSPS) is 27.0. The summed E-state index contributed by atoms with van der Waals surface area (Å²) in [7, 11) is 0. The summed E-state index contributed by atoms with van der Waals surface area (Å²) in [5, 5.41) is 9.07. The predicted molar refractivity (Wildman–Crippen MR) is 63.8 cm³/mol. The Kier molecular flexibility index (Phi) is 3.71. The van der Waals surface area contributed by atoms with Gasteiger partial charge in [0.15, 0.2) is 11.6 Å². The second-order valence-electron chi connectivity index (χ2n) is 4.87. The summed E-state index contributed by atoms with van der Waals surface area (Å²) < 4.78 is 31.8. The lowest BCUT2D eigenvalue weighted by Gasteiger charge is -2.34. The fourth-order valence-electron chi connectivity index (χ4n) is 2.30. The van der Waals surface area contributed by atoms with E-state index < -0.39 is 29.2 Å². The summed E-state index contributed by atoms with van der Waals surface area (Å²) >= 11 is 0. The van der Waals surface area contributed by atoms with E-state index >= 15 is 0 Å². The van der Waals surface area contributed by atoms with Crippen molar-refractivity contribution in [3.8, 4) is 5.75 Å². The van der Waals surface area contributed by atoms with Crippen LogP contribution in [0.15, 0.2) is 18.2 Å². The van der Waals surface area contributed by atoms with Crippen molar-refractivity contribution in [2.75, 3.05) is 0 Å². The third-order valence-electron chi connectivity index (χ3n) is 3.35. The maximum atomic E-state index is 13.4. The Balaban J connectivity index is 2.11. The molecular formula is C13H15F2NO3. The average molecular weight is 271 g/mol. The quantitative estimate of drug-likeness (QED) is 0.882. The van der Waals surface area contributed by atoms with Gasteiger partial charge in [0.2, 0.25) is 0 Å². The van der Waals surface area contributed by atoms with Gasteiger partial charge in [-0.2, -0.15) is 0 Å². The Morgan fingerprint density at radius 3 is 2.89 bits per heavy atom. The molecule has 0 bridgehead atoms. The van der Waals surface area contributed by atoms with Crippen LogP contribution in [-0.2, 0) is 4.79 Å². The molecule has 1 aliphatic rings. The SMILES string of the molecule is NC1(C(=O)O)CCCC(Oc2cc(F)ccc2F)C1. The summed E-state index contributed by atoms with van der Waals surface area (Å²) in [5.41, 5.74) is 4.41. The first kappa shape index (κ1) is 13.7. The summed E-state index contributed by atoms with van der Waals surface area (Å²) in [4.78, 5) is 11.1. The Bertz CT molecular complexity index is 495. The van der Waals surface area contributed by atoms with E-state index in [1.165, 1.54) is 0 Å². The highest BCUT2D eigenvalue weighted by atomic mass is 19.1. The first-order chi connectivity index (χ1) is 8.90. The minimum Gasteiger partial charge on any atom is -0.487 e. The molecule has 1 fully saturated rings. The van der Waals surface area contributed by atoms with E-state index in [1.54, 1.807) is 0 Å². The zero-order valence-electron chi connectivity index (χ0n) is 10.2. The van der Waals surface area contributed by atoms with Gasteiger partial charge >= 0.3 is 5.97 Å². The van der Waals surface area contributed by atoms with Crippen molar-refractivity contribution in [3.63, 3.8) is 0 Å². The number of benzene rings is 1. The molecule has 0 heterocycles. The smallest absolute Gasteiger partial charge is 0.323 e. The largest absolute Gasteiger partial charge is 0.487 e. The van der Waals surface area contributed by atoms with Gasteiger partial charge in [0, 0.05) is 12.5 Å². The van der Waals surface area contributed by atoms with E-state index in [0.29, 0.717) is 19.3 Å². The molecule has 0 saturated heterocycles. The molecule has 0 radical (unpaired) electrons. The summed E-state index contributed by atoms with van der Waals surface area (Å²) in [6, 6.07) is 2.91. The van der Waals surface area contributed by atoms with Gasteiger partial charge < -0.3 is 15.6 Å². The number of rotatable bonds is 3. The molecule has 6 heteroatoms. The van der Waals surface area contributed by atoms with Crippen LogP contribution in [0.4, 0.5) is 8.78 Å². The van der Waals surface area contributed by atoms with Crippen LogP contribution >= 0.6 is 0 Å². The van der Waals surface area contributed by atoms with Crippen LogP contribution in [0.3, 0.4) is 0 Å². The highest BCUT2D eigenvalue weighted by Crippen LogP contribution is 2.30. The molecule has 1 saturated carbocycles. The van der Waals surface area contributed by atoms with Crippen LogP contribution in [0.2, 0.25) is 0 Å². The monoisotopic (exact) mass is 271 g/mol. The van der Waals surface area contributed by atoms with Crippen LogP contribution in [0.5, 0.6) is 5.75 Å². The maximum Gasteiger partial charge on any atom is 0.323 e. The van der Waals surface area contributed by atoms with Crippen LogP contribution in [-0.4, -0.2) is 22.7 Å². The first-order valence-corrected chi connectivity index (χ1v) is 6.05. The van der Waals surface area contributed by atoms with Crippen LogP contribution in [0.1, 0.15) is 25.7 Å². The van der Waals surface area contributed by atoms with E-state index in [2.05, 4.69) is 0 Å². The molecule has 4 nitrogen and oxygen atoms in total. The number of carboxylic acids is 1. The second kappa shape index (κ2) is 5.13. The molecule has 104 valence electrons. The molecule has 2 atom stereocenters.